The van der Waals surface area contributed by atoms with E-state index in [-0.39, 0.29) is 17.6 Å². The summed E-state index contributed by atoms with van der Waals surface area (Å²) in [6, 6.07) is 13.1. The van der Waals surface area contributed by atoms with Gasteiger partial charge in [0, 0.05) is 38.3 Å². The van der Waals surface area contributed by atoms with Gasteiger partial charge in [0.2, 0.25) is 11.8 Å². The average molecular weight is 397 g/mol. The van der Waals surface area contributed by atoms with Crippen LogP contribution in [0.1, 0.15) is 12.8 Å². The van der Waals surface area contributed by atoms with Gasteiger partial charge in [0.1, 0.15) is 17.6 Å². The zero-order valence-corrected chi connectivity index (χ0v) is 16.4. The number of carbonyl (C=O) groups is 2. The van der Waals surface area contributed by atoms with Gasteiger partial charge < -0.3 is 14.5 Å². The van der Waals surface area contributed by atoms with Crippen LogP contribution in [0, 0.1) is 5.82 Å². The molecule has 0 bridgehead atoms. The van der Waals surface area contributed by atoms with Crippen molar-refractivity contribution in [3.63, 3.8) is 0 Å². The molecule has 6 nitrogen and oxygen atoms in total. The largest absolute Gasteiger partial charge is 0.495 e. The molecule has 0 spiro atoms. The molecule has 2 aliphatic heterocycles. The molecule has 7 heteroatoms. The maximum Gasteiger partial charge on any atom is 0.245 e. The second kappa shape index (κ2) is 8.11. The van der Waals surface area contributed by atoms with Crippen LogP contribution in [0.15, 0.2) is 48.5 Å². The minimum Gasteiger partial charge on any atom is -0.495 e. The lowest BCUT2D eigenvalue weighted by molar-refractivity contribution is -0.133. The first-order valence-corrected chi connectivity index (χ1v) is 9.83. The number of amides is 2. The van der Waals surface area contributed by atoms with Gasteiger partial charge in [-0.2, -0.15) is 0 Å². The van der Waals surface area contributed by atoms with Crippen molar-refractivity contribution in [1.29, 1.82) is 0 Å². The van der Waals surface area contributed by atoms with Crippen molar-refractivity contribution in [2.45, 2.75) is 18.9 Å². The number of rotatable bonds is 4. The molecular formula is C22H24FN3O3. The monoisotopic (exact) mass is 397 g/mol. The zero-order valence-electron chi connectivity index (χ0n) is 16.4. The summed E-state index contributed by atoms with van der Waals surface area (Å²) in [5.41, 5.74) is 1.59. The van der Waals surface area contributed by atoms with Crippen LogP contribution in [0.3, 0.4) is 0 Å². The molecule has 2 heterocycles. The highest BCUT2D eigenvalue weighted by Gasteiger charge is 2.39. The lowest BCUT2D eigenvalue weighted by atomic mass is 10.1. The third-order valence-electron chi connectivity index (χ3n) is 5.62. The van der Waals surface area contributed by atoms with Crippen LogP contribution in [0.25, 0.3) is 0 Å². The fourth-order valence-corrected chi connectivity index (χ4v) is 4.11. The molecule has 2 aliphatic rings. The van der Waals surface area contributed by atoms with Crippen LogP contribution in [-0.4, -0.2) is 56.0 Å². The minimum atomic E-state index is -0.522. The Morgan fingerprint density at radius 3 is 2.41 bits per heavy atom. The van der Waals surface area contributed by atoms with Crippen LogP contribution in [-0.2, 0) is 9.59 Å². The summed E-state index contributed by atoms with van der Waals surface area (Å²) < 4.78 is 18.7. The SMILES string of the molecule is COc1ccccc1N1CCN(C(=O)C2CCC(=O)N2c2ccc(F)cc2)CC1. The molecule has 1 atom stereocenters. The van der Waals surface area contributed by atoms with E-state index in [4.69, 9.17) is 4.74 Å². The predicted octanol–water partition coefficient (Wildman–Crippen LogP) is 2.68. The lowest BCUT2D eigenvalue weighted by Gasteiger charge is -2.38. The summed E-state index contributed by atoms with van der Waals surface area (Å²) in [6.07, 6.45) is 0.816. The van der Waals surface area contributed by atoms with Crippen molar-refractivity contribution in [3.8, 4) is 5.75 Å². The zero-order chi connectivity index (χ0) is 20.4. The van der Waals surface area contributed by atoms with E-state index in [1.807, 2.05) is 29.2 Å². The molecule has 2 fully saturated rings. The predicted molar refractivity (Wildman–Crippen MR) is 109 cm³/mol. The smallest absolute Gasteiger partial charge is 0.245 e. The number of benzene rings is 2. The molecule has 2 aromatic rings. The highest BCUT2D eigenvalue weighted by Crippen LogP contribution is 2.30. The number of anilines is 2. The van der Waals surface area contributed by atoms with Crippen molar-refractivity contribution >= 4 is 23.2 Å². The molecule has 4 rings (SSSR count). The van der Waals surface area contributed by atoms with Crippen LogP contribution in [0.4, 0.5) is 15.8 Å². The first-order valence-electron chi connectivity index (χ1n) is 9.83. The van der Waals surface area contributed by atoms with E-state index in [1.54, 1.807) is 19.2 Å². The van der Waals surface area contributed by atoms with Crippen LogP contribution in [0.2, 0.25) is 0 Å². The van der Waals surface area contributed by atoms with E-state index < -0.39 is 6.04 Å². The molecule has 2 saturated heterocycles. The van der Waals surface area contributed by atoms with Gasteiger partial charge in [0.25, 0.3) is 0 Å². The number of methoxy groups -OCH3 is 1. The first kappa shape index (κ1) is 19.2. The first-order chi connectivity index (χ1) is 14.1. The van der Waals surface area contributed by atoms with Crippen molar-refractivity contribution in [2.75, 3.05) is 43.1 Å². The van der Waals surface area contributed by atoms with Gasteiger partial charge in [-0.25, -0.2) is 4.39 Å². The minimum absolute atomic E-state index is 0.0418. The Hall–Kier alpha value is -3.09. The lowest BCUT2D eigenvalue weighted by Crippen LogP contribution is -2.54. The quantitative estimate of drug-likeness (QED) is 0.796. The second-order valence-corrected chi connectivity index (χ2v) is 7.28. The molecule has 29 heavy (non-hydrogen) atoms. The van der Waals surface area contributed by atoms with Gasteiger partial charge in [0.15, 0.2) is 0 Å². The normalized spacial score (nSPS) is 19.6. The van der Waals surface area contributed by atoms with Gasteiger partial charge >= 0.3 is 0 Å². The van der Waals surface area contributed by atoms with Gasteiger partial charge in [0.05, 0.1) is 12.8 Å². The van der Waals surface area contributed by atoms with Crippen LogP contribution >= 0.6 is 0 Å². The van der Waals surface area contributed by atoms with Crippen molar-refractivity contribution in [2.24, 2.45) is 0 Å². The Balaban J connectivity index is 1.45. The summed E-state index contributed by atoms with van der Waals surface area (Å²) in [5, 5.41) is 0. The summed E-state index contributed by atoms with van der Waals surface area (Å²) in [6.45, 7) is 2.56. The van der Waals surface area contributed by atoms with E-state index in [1.165, 1.54) is 17.0 Å². The maximum atomic E-state index is 13.3. The maximum absolute atomic E-state index is 13.3. The van der Waals surface area contributed by atoms with Crippen LogP contribution < -0.4 is 14.5 Å². The second-order valence-electron chi connectivity index (χ2n) is 7.28. The summed E-state index contributed by atoms with van der Waals surface area (Å²) in [7, 11) is 1.65. The van der Waals surface area contributed by atoms with E-state index in [0.717, 1.165) is 11.4 Å². The summed E-state index contributed by atoms with van der Waals surface area (Å²) in [5.74, 6) is 0.314. The molecule has 2 aromatic carbocycles. The molecular weight excluding hydrogens is 373 g/mol. The van der Waals surface area contributed by atoms with E-state index in [2.05, 4.69) is 4.90 Å². The Morgan fingerprint density at radius 2 is 1.72 bits per heavy atom. The average Bonchev–Trinajstić information content (AvgIpc) is 3.15. The van der Waals surface area contributed by atoms with Crippen LogP contribution in [0.5, 0.6) is 5.75 Å². The van der Waals surface area contributed by atoms with E-state index >= 15 is 0 Å². The number of para-hydroxylation sites is 2. The number of carbonyl (C=O) groups excluding carboxylic acids is 2. The molecule has 2 amide bonds. The standard InChI is InChI=1S/C22H24FN3O3/c1-29-20-5-3-2-4-18(20)24-12-14-25(15-13-24)22(28)19-10-11-21(27)26(19)17-8-6-16(23)7-9-17/h2-9,19H,10-15H2,1H3. The highest BCUT2D eigenvalue weighted by atomic mass is 19.1. The number of hydrogen-bond acceptors (Lipinski definition) is 4. The number of nitrogens with zero attached hydrogens (tertiary/aromatic N) is 3. The highest BCUT2D eigenvalue weighted by molar-refractivity contribution is 6.03. The number of hydrogen-bond donors (Lipinski definition) is 0. The Bertz CT molecular complexity index is 894. The molecule has 0 aliphatic carbocycles. The van der Waals surface area contributed by atoms with Gasteiger partial charge in [-0.3, -0.25) is 14.5 Å². The molecule has 1 unspecified atom stereocenters. The molecule has 152 valence electrons. The van der Waals surface area contributed by atoms with Crippen molar-refractivity contribution in [3.05, 3.63) is 54.3 Å². The summed E-state index contributed by atoms with van der Waals surface area (Å²) in [4.78, 5) is 31.1. The Morgan fingerprint density at radius 1 is 1.03 bits per heavy atom. The van der Waals surface area contributed by atoms with Gasteiger partial charge in [-0.1, -0.05) is 12.1 Å². The number of halogens is 1. The fourth-order valence-electron chi connectivity index (χ4n) is 4.11. The number of piperazine rings is 1. The van der Waals surface area contributed by atoms with Crippen molar-refractivity contribution < 1.29 is 18.7 Å². The number of ether oxygens (including phenoxy) is 1. The van der Waals surface area contributed by atoms with Gasteiger partial charge in [-0.15, -0.1) is 0 Å². The molecule has 0 radical (unpaired) electrons. The third-order valence-corrected chi connectivity index (χ3v) is 5.62. The fraction of sp³-hybridized carbons (Fsp3) is 0.364. The Kier molecular flexibility index (Phi) is 5.38. The van der Waals surface area contributed by atoms with E-state index in [9.17, 15) is 14.0 Å². The van der Waals surface area contributed by atoms with Crippen molar-refractivity contribution in [1.82, 2.24) is 4.90 Å². The Labute approximate surface area is 169 Å². The van der Waals surface area contributed by atoms with E-state index in [0.29, 0.717) is 44.7 Å². The molecule has 0 aromatic heterocycles. The third kappa shape index (κ3) is 3.77. The van der Waals surface area contributed by atoms with Gasteiger partial charge in [-0.05, 0) is 42.8 Å². The summed E-state index contributed by atoms with van der Waals surface area (Å²) >= 11 is 0. The topological polar surface area (TPSA) is 53.1 Å². The molecule has 0 saturated carbocycles. The molecule has 0 N–H and O–H groups in total.